The van der Waals surface area contributed by atoms with Gasteiger partial charge < -0.3 is 4.74 Å². The minimum atomic E-state index is -4.55. The molecule has 0 amide bonds. The van der Waals surface area contributed by atoms with Gasteiger partial charge in [-0.2, -0.15) is 13.2 Å². The lowest BCUT2D eigenvalue weighted by Crippen LogP contribution is -2.06. The largest absolute Gasteiger partial charge is 0.465 e. The minimum absolute atomic E-state index is 0.0227. The van der Waals surface area contributed by atoms with Gasteiger partial charge in [0.15, 0.2) is 0 Å². The molecule has 0 saturated carbocycles. The summed E-state index contributed by atoms with van der Waals surface area (Å²) in [6, 6.07) is 0.738. The molecule has 0 spiro atoms. The Balaban J connectivity index is 2.77. The van der Waals surface area contributed by atoms with Crippen molar-refractivity contribution >= 4 is 39.1 Å². The molecule has 2 rings (SSSR count). The zero-order valence-electron chi connectivity index (χ0n) is 8.84. The lowest BCUT2D eigenvalue weighted by Gasteiger charge is -2.08. The molecule has 0 fully saturated rings. The summed E-state index contributed by atoms with van der Waals surface area (Å²) in [5, 5.41) is 0.952. The van der Waals surface area contributed by atoms with Crippen molar-refractivity contribution in [2.45, 2.75) is 6.18 Å². The highest BCUT2D eigenvalue weighted by Crippen LogP contribution is 2.39. The van der Waals surface area contributed by atoms with Crippen molar-refractivity contribution in [3.8, 4) is 0 Å². The van der Waals surface area contributed by atoms with Gasteiger partial charge in [0.05, 0.1) is 28.5 Å². The third-order valence-corrected chi connectivity index (χ3v) is 3.40. The number of aromatic nitrogens is 1. The Morgan fingerprint density at radius 3 is 2.72 bits per heavy atom. The van der Waals surface area contributed by atoms with Gasteiger partial charge in [0.25, 0.3) is 0 Å². The fourth-order valence-corrected chi connectivity index (χ4v) is 2.65. The molecule has 0 atom stereocenters. The van der Waals surface area contributed by atoms with Crippen LogP contribution in [0, 0.1) is 0 Å². The van der Waals surface area contributed by atoms with Crippen molar-refractivity contribution in [2.24, 2.45) is 0 Å². The van der Waals surface area contributed by atoms with E-state index in [-0.39, 0.29) is 20.9 Å². The molecule has 0 aromatic carbocycles. The maximum Gasteiger partial charge on any atom is 0.417 e. The maximum atomic E-state index is 12.8. The number of halogens is 4. The molecule has 0 bridgehead atoms. The molecule has 8 heteroatoms. The Morgan fingerprint density at radius 1 is 1.50 bits per heavy atom. The summed E-state index contributed by atoms with van der Waals surface area (Å²) >= 11 is 6.33. The first-order chi connectivity index (χ1) is 8.34. The molecule has 0 aliphatic rings. The number of ether oxygens (including phenoxy) is 1. The molecule has 0 N–H and O–H groups in total. The van der Waals surface area contributed by atoms with Crippen LogP contribution in [0.25, 0.3) is 10.2 Å². The normalized spacial score (nSPS) is 11.8. The summed E-state index contributed by atoms with van der Waals surface area (Å²) in [6.07, 6.45) is -4.55. The van der Waals surface area contributed by atoms with Gasteiger partial charge in [0, 0.05) is 5.38 Å². The second kappa shape index (κ2) is 4.40. The first kappa shape index (κ1) is 13.1. The van der Waals surface area contributed by atoms with Gasteiger partial charge in [-0.25, -0.2) is 9.78 Å². The fraction of sp³-hybridized carbons (Fsp3) is 0.200. The summed E-state index contributed by atoms with van der Waals surface area (Å²) in [5.41, 5.74) is -1.02. The van der Waals surface area contributed by atoms with E-state index in [1.807, 2.05) is 0 Å². The van der Waals surface area contributed by atoms with Gasteiger partial charge in [-0.15, -0.1) is 11.3 Å². The number of nitrogens with zero attached hydrogens (tertiary/aromatic N) is 1. The number of fused-ring (bicyclic) bond motifs is 1. The Bertz CT molecular complexity index is 623. The van der Waals surface area contributed by atoms with E-state index >= 15 is 0 Å². The Labute approximate surface area is 108 Å². The first-order valence-corrected chi connectivity index (χ1v) is 5.83. The number of pyridine rings is 1. The maximum absolute atomic E-state index is 12.8. The SMILES string of the molecule is COC(=O)c1csc2c(C(F)(F)F)cc(Cl)nc12. The predicted molar refractivity (Wildman–Crippen MR) is 61.0 cm³/mol. The van der Waals surface area contributed by atoms with Crippen LogP contribution in [0.2, 0.25) is 5.15 Å². The molecule has 2 aromatic rings. The van der Waals surface area contributed by atoms with Gasteiger partial charge in [0.2, 0.25) is 0 Å². The van der Waals surface area contributed by atoms with E-state index in [4.69, 9.17) is 11.6 Å². The summed E-state index contributed by atoms with van der Waals surface area (Å²) < 4.78 is 42.7. The Morgan fingerprint density at radius 2 is 2.17 bits per heavy atom. The van der Waals surface area contributed by atoms with Crippen LogP contribution in [0.4, 0.5) is 13.2 Å². The summed E-state index contributed by atoms with van der Waals surface area (Å²) in [6.45, 7) is 0. The number of carbonyl (C=O) groups is 1. The highest BCUT2D eigenvalue weighted by atomic mass is 35.5. The van der Waals surface area contributed by atoms with E-state index in [1.54, 1.807) is 0 Å². The molecule has 96 valence electrons. The molecule has 2 aromatic heterocycles. The topological polar surface area (TPSA) is 39.2 Å². The summed E-state index contributed by atoms with van der Waals surface area (Å²) in [5.74, 6) is -0.746. The van der Waals surface area contributed by atoms with Gasteiger partial charge >= 0.3 is 12.1 Å². The molecule has 3 nitrogen and oxygen atoms in total. The van der Waals surface area contributed by atoms with Crippen molar-refractivity contribution < 1.29 is 22.7 Å². The number of hydrogen-bond acceptors (Lipinski definition) is 4. The number of carbonyl (C=O) groups excluding carboxylic acids is 1. The monoisotopic (exact) mass is 295 g/mol. The molecular formula is C10H5ClF3NO2S. The van der Waals surface area contributed by atoms with Crippen molar-refractivity contribution in [3.05, 3.63) is 27.7 Å². The van der Waals surface area contributed by atoms with Crippen LogP contribution in [-0.4, -0.2) is 18.1 Å². The van der Waals surface area contributed by atoms with E-state index in [1.165, 1.54) is 5.38 Å². The van der Waals surface area contributed by atoms with E-state index in [2.05, 4.69) is 9.72 Å². The molecule has 0 aliphatic heterocycles. The van der Waals surface area contributed by atoms with Gasteiger partial charge in [-0.3, -0.25) is 0 Å². The summed E-state index contributed by atoms with van der Waals surface area (Å²) in [4.78, 5) is 15.1. The van der Waals surface area contributed by atoms with Crippen LogP contribution in [0.5, 0.6) is 0 Å². The predicted octanol–water partition coefficient (Wildman–Crippen LogP) is 3.76. The van der Waals surface area contributed by atoms with Crippen molar-refractivity contribution in [1.29, 1.82) is 0 Å². The molecular weight excluding hydrogens is 291 g/mol. The zero-order valence-corrected chi connectivity index (χ0v) is 10.4. The molecule has 2 heterocycles. The minimum Gasteiger partial charge on any atom is -0.465 e. The van der Waals surface area contributed by atoms with Gasteiger partial charge in [-0.05, 0) is 6.07 Å². The van der Waals surface area contributed by atoms with Crippen LogP contribution < -0.4 is 0 Å². The number of hydrogen-bond donors (Lipinski definition) is 0. The molecule has 0 aliphatic carbocycles. The van der Waals surface area contributed by atoms with E-state index in [0.29, 0.717) is 0 Å². The molecule has 0 radical (unpaired) electrons. The zero-order chi connectivity index (χ0) is 13.5. The average molecular weight is 296 g/mol. The van der Waals surface area contributed by atoms with Crippen LogP contribution >= 0.6 is 22.9 Å². The first-order valence-electron chi connectivity index (χ1n) is 4.58. The van der Waals surface area contributed by atoms with Crippen molar-refractivity contribution in [3.63, 3.8) is 0 Å². The molecule has 18 heavy (non-hydrogen) atoms. The highest BCUT2D eigenvalue weighted by molar-refractivity contribution is 7.17. The number of thiophene rings is 1. The molecule has 0 saturated heterocycles. The summed E-state index contributed by atoms with van der Waals surface area (Å²) in [7, 11) is 1.14. The highest BCUT2D eigenvalue weighted by Gasteiger charge is 2.35. The van der Waals surface area contributed by atoms with Gasteiger partial charge in [0.1, 0.15) is 5.15 Å². The number of methoxy groups -OCH3 is 1. The Hall–Kier alpha value is -1.34. The smallest absolute Gasteiger partial charge is 0.417 e. The van der Waals surface area contributed by atoms with Gasteiger partial charge in [-0.1, -0.05) is 11.6 Å². The van der Waals surface area contributed by atoms with E-state index in [9.17, 15) is 18.0 Å². The quantitative estimate of drug-likeness (QED) is 0.594. The number of rotatable bonds is 1. The molecule has 0 unspecified atom stereocenters. The average Bonchev–Trinajstić information content (AvgIpc) is 2.69. The van der Waals surface area contributed by atoms with Crippen LogP contribution in [-0.2, 0) is 10.9 Å². The third-order valence-electron chi connectivity index (χ3n) is 2.20. The van der Waals surface area contributed by atoms with Crippen molar-refractivity contribution in [1.82, 2.24) is 4.98 Å². The third kappa shape index (κ3) is 2.15. The standard InChI is InChI=1S/C10H5ClF3NO2S/c1-17-9(16)4-3-18-8-5(10(12,13)14)2-6(11)15-7(4)8/h2-3H,1H3. The van der Waals surface area contributed by atoms with Crippen molar-refractivity contribution in [2.75, 3.05) is 7.11 Å². The van der Waals surface area contributed by atoms with Crippen LogP contribution in [0.15, 0.2) is 11.4 Å². The fourth-order valence-electron chi connectivity index (χ4n) is 1.44. The van der Waals surface area contributed by atoms with E-state index in [0.717, 1.165) is 24.5 Å². The van der Waals surface area contributed by atoms with E-state index < -0.39 is 17.7 Å². The lowest BCUT2D eigenvalue weighted by atomic mass is 10.2. The number of esters is 1. The Kier molecular flexibility index (Phi) is 3.20. The second-order valence-corrected chi connectivity index (χ2v) is 4.58. The van der Waals surface area contributed by atoms with Crippen LogP contribution in [0.3, 0.4) is 0 Å². The lowest BCUT2D eigenvalue weighted by molar-refractivity contribution is -0.136. The second-order valence-electron chi connectivity index (χ2n) is 3.31. The van der Waals surface area contributed by atoms with Crippen LogP contribution in [0.1, 0.15) is 15.9 Å². The number of alkyl halides is 3.